The zero-order valence-corrected chi connectivity index (χ0v) is 18.9. The van der Waals surface area contributed by atoms with E-state index in [1.165, 1.54) is 6.07 Å². The van der Waals surface area contributed by atoms with Crippen LogP contribution in [-0.2, 0) is 4.74 Å². The Kier molecular flexibility index (Phi) is 5.76. The van der Waals surface area contributed by atoms with Gasteiger partial charge in [-0.2, -0.15) is 0 Å². The molecule has 6 nitrogen and oxygen atoms in total. The van der Waals surface area contributed by atoms with Crippen LogP contribution < -0.4 is 5.43 Å². The number of carbonyl (C=O) groups excluding carboxylic acids is 1. The summed E-state index contributed by atoms with van der Waals surface area (Å²) in [5, 5.41) is 0.418. The smallest absolute Gasteiger partial charge is 0.290 e. The number of hydrogen-bond acceptors (Lipinski definition) is 5. The highest BCUT2D eigenvalue weighted by Crippen LogP contribution is 2.39. The van der Waals surface area contributed by atoms with Crippen LogP contribution in [0.5, 0.6) is 0 Å². The van der Waals surface area contributed by atoms with Crippen molar-refractivity contribution in [3.8, 4) is 0 Å². The average molecular weight is 451 g/mol. The molecule has 0 radical (unpaired) electrons. The largest absolute Gasteiger partial charge is 0.450 e. The van der Waals surface area contributed by atoms with Crippen LogP contribution in [0.15, 0.2) is 45.6 Å². The summed E-state index contributed by atoms with van der Waals surface area (Å²) in [6, 6.07) is 9.11. The van der Waals surface area contributed by atoms with Crippen molar-refractivity contribution < 1.29 is 18.3 Å². The molecule has 1 aromatic heterocycles. The van der Waals surface area contributed by atoms with Crippen LogP contribution in [0, 0.1) is 19.7 Å². The summed E-state index contributed by atoms with van der Waals surface area (Å²) in [6.07, 6.45) is 0.705. The van der Waals surface area contributed by atoms with Gasteiger partial charge in [-0.3, -0.25) is 14.5 Å². The zero-order chi connectivity index (χ0) is 23.1. The molecule has 2 aliphatic rings. The van der Waals surface area contributed by atoms with Crippen molar-refractivity contribution >= 4 is 16.9 Å². The SMILES string of the molecule is Cc1cc2oc3c(c(=O)c2cc1C)C(c1ccccc1F)N(CCCN1CCOCC1)C3=O. The molecule has 1 unspecified atom stereocenters. The first-order valence-corrected chi connectivity index (χ1v) is 11.4. The standard InChI is InChI=1S/C26H27FN2O4/c1-16-14-19-21(15-17(16)2)33-25-22(24(19)30)23(18-6-3-4-7-20(18)27)29(26(25)31)9-5-8-28-10-12-32-13-11-28/h3-4,6-7,14-15,23H,5,8-13H2,1-2H3. The molecule has 0 saturated carbocycles. The zero-order valence-electron chi connectivity index (χ0n) is 18.9. The number of hydrogen-bond donors (Lipinski definition) is 0. The Morgan fingerprint density at radius 1 is 1.03 bits per heavy atom. The van der Waals surface area contributed by atoms with Gasteiger partial charge in [-0.25, -0.2) is 4.39 Å². The fraction of sp³-hybridized carbons (Fsp3) is 0.385. The predicted octanol–water partition coefficient (Wildman–Crippen LogP) is 3.82. The van der Waals surface area contributed by atoms with Gasteiger partial charge in [0.05, 0.1) is 30.2 Å². The minimum atomic E-state index is -0.805. The van der Waals surface area contributed by atoms with E-state index in [2.05, 4.69) is 4.90 Å². The minimum Gasteiger partial charge on any atom is -0.450 e. The number of nitrogens with zero attached hydrogens (tertiary/aromatic N) is 2. The molecule has 0 aliphatic carbocycles. The molecule has 0 bridgehead atoms. The van der Waals surface area contributed by atoms with Crippen molar-refractivity contribution in [3.05, 3.63) is 80.5 Å². The lowest BCUT2D eigenvalue weighted by Gasteiger charge is -2.29. The second-order valence-corrected chi connectivity index (χ2v) is 8.84. The molecule has 33 heavy (non-hydrogen) atoms. The van der Waals surface area contributed by atoms with E-state index in [-0.39, 0.29) is 22.7 Å². The van der Waals surface area contributed by atoms with Crippen molar-refractivity contribution in [1.82, 2.24) is 9.80 Å². The second kappa shape index (κ2) is 8.72. The first-order chi connectivity index (χ1) is 16.0. The van der Waals surface area contributed by atoms with Crippen molar-refractivity contribution in [3.63, 3.8) is 0 Å². The monoisotopic (exact) mass is 450 g/mol. The molecular weight excluding hydrogens is 423 g/mol. The van der Waals surface area contributed by atoms with E-state index in [0.717, 1.165) is 30.8 Å². The molecule has 0 spiro atoms. The van der Waals surface area contributed by atoms with Crippen LogP contribution in [0.3, 0.4) is 0 Å². The van der Waals surface area contributed by atoms with Gasteiger partial charge in [0.15, 0.2) is 5.43 Å². The highest BCUT2D eigenvalue weighted by Gasteiger charge is 2.43. The number of rotatable bonds is 5. The molecule has 3 aromatic rings. The molecule has 1 fully saturated rings. The number of carbonyl (C=O) groups is 1. The number of aryl methyl sites for hydroxylation is 2. The van der Waals surface area contributed by atoms with Crippen LogP contribution in [0.4, 0.5) is 4.39 Å². The van der Waals surface area contributed by atoms with Crippen molar-refractivity contribution in [2.24, 2.45) is 0 Å². The molecule has 0 N–H and O–H groups in total. The minimum absolute atomic E-state index is 0.0235. The van der Waals surface area contributed by atoms with Gasteiger partial charge >= 0.3 is 0 Å². The third kappa shape index (κ3) is 3.85. The highest BCUT2D eigenvalue weighted by molar-refractivity contribution is 5.99. The topological polar surface area (TPSA) is 63.0 Å². The van der Waals surface area contributed by atoms with E-state index in [4.69, 9.17) is 9.15 Å². The molecule has 1 amide bonds. The van der Waals surface area contributed by atoms with Gasteiger partial charge in [0, 0.05) is 31.7 Å². The Balaban J connectivity index is 1.57. The van der Waals surface area contributed by atoms with E-state index >= 15 is 0 Å². The number of ether oxygens (including phenoxy) is 1. The fourth-order valence-electron chi connectivity index (χ4n) is 4.82. The van der Waals surface area contributed by atoms with Crippen LogP contribution >= 0.6 is 0 Å². The molecule has 1 atom stereocenters. The average Bonchev–Trinajstić information content (AvgIpc) is 3.08. The number of morpholine rings is 1. The van der Waals surface area contributed by atoms with Crippen molar-refractivity contribution in [1.29, 1.82) is 0 Å². The van der Waals surface area contributed by atoms with Crippen LogP contribution in [0.25, 0.3) is 11.0 Å². The molecule has 3 heterocycles. The third-order valence-electron chi connectivity index (χ3n) is 6.76. The normalized spacial score (nSPS) is 18.8. The fourth-order valence-corrected chi connectivity index (χ4v) is 4.82. The van der Waals surface area contributed by atoms with Crippen molar-refractivity contribution in [2.45, 2.75) is 26.3 Å². The summed E-state index contributed by atoms with van der Waals surface area (Å²) in [4.78, 5) is 30.9. The second-order valence-electron chi connectivity index (χ2n) is 8.84. The number of benzene rings is 2. The maximum absolute atomic E-state index is 14.9. The van der Waals surface area contributed by atoms with Crippen molar-refractivity contribution in [2.75, 3.05) is 39.4 Å². The maximum atomic E-state index is 14.9. The van der Waals surface area contributed by atoms with Gasteiger partial charge < -0.3 is 14.1 Å². The predicted molar refractivity (Wildman–Crippen MR) is 123 cm³/mol. The van der Waals surface area contributed by atoms with E-state index in [1.54, 1.807) is 35.2 Å². The molecule has 2 aliphatic heterocycles. The third-order valence-corrected chi connectivity index (χ3v) is 6.76. The quantitative estimate of drug-likeness (QED) is 0.592. The first-order valence-electron chi connectivity index (χ1n) is 11.4. The van der Waals surface area contributed by atoms with Gasteiger partial charge in [0.2, 0.25) is 5.76 Å². The van der Waals surface area contributed by atoms with Gasteiger partial charge in [-0.1, -0.05) is 18.2 Å². The van der Waals surface area contributed by atoms with Crippen LogP contribution in [-0.4, -0.2) is 55.1 Å². The Morgan fingerprint density at radius 3 is 2.52 bits per heavy atom. The summed E-state index contributed by atoms with van der Waals surface area (Å²) in [5.74, 6) is -0.784. The first kappa shape index (κ1) is 21.8. The van der Waals surface area contributed by atoms with Crippen LogP contribution in [0.1, 0.15) is 45.3 Å². The Hall–Kier alpha value is -3.03. The Morgan fingerprint density at radius 2 is 1.76 bits per heavy atom. The summed E-state index contributed by atoms with van der Waals surface area (Å²) in [6.45, 7) is 8.18. The van der Waals surface area contributed by atoms with Gasteiger partial charge in [-0.05, 0) is 49.6 Å². The Labute approximate surface area is 191 Å². The van der Waals surface area contributed by atoms with E-state index in [9.17, 15) is 14.0 Å². The van der Waals surface area contributed by atoms with E-state index in [0.29, 0.717) is 42.7 Å². The summed E-state index contributed by atoms with van der Waals surface area (Å²) < 4.78 is 26.3. The summed E-state index contributed by atoms with van der Waals surface area (Å²) in [7, 11) is 0. The van der Waals surface area contributed by atoms with Crippen LogP contribution in [0.2, 0.25) is 0 Å². The summed E-state index contributed by atoms with van der Waals surface area (Å²) >= 11 is 0. The number of fused-ring (bicyclic) bond motifs is 2. The van der Waals surface area contributed by atoms with Gasteiger partial charge in [0.1, 0.15) is 11.4 Å². The Bertz CT molecular complexity index is 1280. The molecule has 5 rings (SSSR count). The number of halogens is 1. The number of amides is 1. The molecule has 7 heteroatoms. The maximum Gasteiger partial charge on any atom is 0.290 e. The lowest BCUT2D eigenvalue weighted by molar-refractivity contribution is 0.0353. The van der Waals surface area contributed by atoms with E-state index < -0.39 is 11.9 Å². The lowest BCUT2D eigenvalue weighted by atomic mass is 9.97. The van der Waals surface area contributed by atoms with Gasteiger partial charge in [0.25, 0.3) is 5.91 Å². The van der Waals surface area contributed by atoms with Gasteiger partial charge in [-0.15, -0.1) is 0 Å². The molecule has 172 valence electrons. The molecule has 2 aromatic carbocycles. The molecule has 1 saturated heterocycles. The highest BCUT2D eigenvalue weighted by atomic mass is 19.1. The molecular formula is C26H27FN2O4. The lowest BCUT2D eigenvalue weighted by Crippen LogP contribution is -2.39. The van der Waals surface area contributed by atoms with E-state index in [1.807, 2.05) is 13.8 Å². The summed E-state index contributed by atoms with van der Waals surface area (Å²) in [5.41, 5.74) is 2.59.